The first-order chi connectivity index (χ1) is 11.3. The maximum Gasteiger partial charge on any atom is 0.253 e. The number of nitrogens with one attached hydrogen (secondary N) is 1. The fourth-order valence-corrected chi connectivity index (χ4v) is 2.65. The number of aliphatic hydroxyl groups is 1. The minimum atomic E-state index is -1.26. The smallest absolute Gasteiger partial charge is 0.253 e. The first-order valence-electron chi connectivity index (χ1n) is 7.82. The largest absolute Gasteiger partial charge is 0.378 e. The predicted octanol–water partition coefficient (Wildman–Crippen LogP) is 2.03. The minimum Gasteiger partial charge on any atom is -0.378 e. The van der Waals surface area contributed by atoms with Gasteiger partial charge in [-0.3, -0.25) is 14.4 Å². The van der Waals surface area contributed by atoms with E-state index in [4.69, 9.17) is 0 Å². The monoisotopic (exact) mass is 327 g/mol. The molecular formula is C19H21NO4. The summed E-state index contributed by atoms with van der Waals surface area (Å²) in [5.41, 5.74) is 2.29. The molecule has 0 saturated heterocycles. The average molecular weight is 327 g/mol. The Morgan fingerprint density at radius 3 is 2.21 bits per heavy atom. The van der Waals surface area contributed by atoms with E-state index in [2.05, 4.69) is 5.32 Å². The lowest BCUT2D eigenvalue weighted by atomic mass is 9.84. The summed E-state index contributed by atoms with van der Waals surface area (Å²) in [5, 5.41) is 12.6. The minimum absolute atomic E-state index is 0.127. The SMILES string of the molecule is CC1=C(C)C(=O)C(CCNC(=O)C(O)c2ccccc2)=C(C)C1=O. The molecule has 5 heteroatoms. The molecule has 2 N–H and O–H groups in total. The van der Waals surface area contributed by atoms with Crippen LogP contribution in [0.1, 0.15) is 38.9 Å². The van der Waals surface area contributed by atoms with Crippen LogP contribution < -0.4 is 5.32 Å². The van der Waals surface area contributed by atoms with E-state index in [-0.39, 0.29) is 24.5 Å². The molecule has 24 heavy (non-hydrogen) atoms. The summed E-state index contributed by atoms with van der Waals surface area (Å²) in [7, 11) is 0. The Hall–Kier alpha value is -2.53. The van der Waals surface area contributed by atoms with Gasteiger partial charge in [-0.2, -0.15) is 0 Å². The first-order valence-corrected chi connectivity index (χ1v) is 7.82. The van der Waals surface area contributed by atoms with Crippen molar-refractivity contribution in [3.8, 4) is 0 Å². The molecule has 2 rings (SSSR count). The summed E-state index contributed by atoms with van der Waals surface area (Å²) < 4.78 is 0. The summed E-state index contributed by atoms with van der Waals surface area (Å²) >= 11 is 0. The van der Waals surface area contributed by atoms with E-state index in [0.717, 1.165) is 0 Å². The van der Waals surface area contributed by atoms with E-state index >= 15 is 0 Å². The molecule has 0 spiro atoms. The molecule has 0 saturated carbocycles. The molecular weight excluding hydrogens is 306 g/mol. The number of carbonyl (C=O) groups excluding carboxylic acids is 3. The number of Topliss-reactive ketones (excluding diaryl/α,β-unsaturated/α-hetero) is 2. The number of aliphatic hydroxyl groups excluding tert-OH is 1. The van der Waals surface area contributed by atoms with Gasteiger partial charge in [0.2, 0.25) is 0 Å². The number of benzene rings is 1. The number of hydrogen-bond donors (Lipinski definition) is 2. The number of rotatable bonds is 5. The van der Waals surface area contributed by atoms with Crippen molar-refractivity contribution in [2.45, 2.75) is 33.3 Å². The molecule has 0 bridgehead atoms. The third-order valence-electron chi connectivity index (χ3n) is 4.35. The van der Waals surface area contributed by atoms with E-state index in [0.29, 0.717) is 27.9 Å². The van der Waals surface area contributed by atoms with Crippen molar-refractivity contribution in [3.63, 3.8) is 0 Å². The van der Waals surface area contributed by atoms with Gasteiger partial charge in [-0.25, -0.2) is 0 Å². The lowest BCUT2D eigenvalue weighted by Gasteiger charge is -2.19. The van der Waals surface area contributed by atoms with Gasteiger partial charge in [0.1, 0.15) is 0 Å². The number of allylic oxidation sites excluding steroid dienone is 3. The van der Waals surface area contributed by atoms with Gasteiger partial charge in [0.25, 0.3) is 5.91 Å². The summed E-state index contributed by atoms with van der Waals surface area (Å²) in [6, 6.07) is 8.61. The summed E-state index contributed by atoms with van der Waals surface area (Å²) in [5.74, 6) is -0.808. The Bertz CT molecular complexity index is 744. The summed E-state index contributed by atoms with van der Waals surface area (Å²) in [6.07, 6.45) is -0.997. The van der Waals surface area contributed by atoms with Crippen molar-refractivity contribution in [2.24, 2.45) is 0 Å². The van der Waals surface area contributed by atoms with E-state index in [9.17, 15) is 19.5 Å². The van der Waals surface area contributed by atoms with Gasteiger partial charge in [0.15, 0.2) is 17.7 Å². The molecule has 1 aromatic rings. The lowest BCUT2D eigenvalue weighted by molar-refractivity contribution is -0.129. The van der Waals surface area contributed by atoms with Crippen LogP contribution >= 0.6 is 0 Å². The van der Waals surface area contributed by atoms with Crippen LogP contribution in [0, 0.1) is 0 Å². The highest BCUT2D eigenvalue weighted by molar-refractivity contribution is 6.24. The zero-order valence-electron chi connectivity index (χ0n) is 14.1. The van der Waals surface area contributed by atoms with Gasteiger partial charge < -0.3 is 10.4 Å². The van der Waals surface area contributed by atoms with Crippen molar-refractivity contribution < 1.29 is 19.5 Å². The second-order valence-electron chi connectivity index (χ2n) is 5.87. The number of ketones is 2. The number of amides is 1. The first kappa shape index (κ1) is 17.8. The highest BCUT2D eigenvalue weighted by Gasteiger charge is 2.27. The van der Waals surface area contributed by atoms with Crippen LogP contribution in [-0.4, -0.2) is 29.1 Å². The zero-order valence-corrected chi connectivity index (χ0v) is 14.1. The van der Waals surface area contributed by atoms with Gasteiger partial charge in [0, 0.05) is 28.8 Å². The second kappa shape index (κ2) is 7.36. The summed E-state index contributed by atoms with van der Waals surface area (Å²) in [6.45, 7) is 5.10. The number of carbonyl (C=O) groups is 3. The molecule has 0 fully saturated rings. The van der Waals surface area contributed by atoms with E-state index < -0.39 is 12.0 Å². The molecule has 1 unspecified atom stereocenters. The van der Waals surface area contributed by atoms with Crippen LogP contribution in [0.25, 0.3) is 0 Å². The van der Waals surface area contributed by atoms with Crippen molar-refractivity contribution in [2.75, 3.05) is 6.54 Å². The lowest BCUT2D eigenvalue weighted by Crippen LogP contribution is -2.31. The van der Waals surface area contributed by atoms with Crippen LogP contribution in [-0.2, 0) is 14.4 Å². The highest BCUT2D eigenvalue weighted by Crippen LogP contribution is 2.25. The molecule has 1 atom stereocenters. The zero-order chi connectivity index (χ0) is 17.9. The quantitative estimate of drug-likeness (QED) is 0.811. The van der Waals surface area contributed by atoms with Crippen LogP contribution in [0.15, 0.2) is 52.6 Å². The molecule has 0 aliphatic heterocycles. The molecule has 1 aliphatic rings. The molecule has 5 nitrogen and oxygen atoms in total. The van der Waals surface area contributed by atoms with Crippen molar-refractivity contribution in [1.82, 2.24) is 5.32 Å². The van der Waals surface area contributed by atoms with Crippen LogP contribution in [0.3, 0.4) is 0 Å². The average Bonchev–Trinajstić information content (AvgIpc) is 2.61. The third kappa shape index (κ3) is 3.51. The normalized spacial score (nSPS) is 16.5. The van der Waals surface area contributed by atoms with Gasteiger partial charge in [-0.1, -0.05) is 30.3 Å². The summed E-state index contributed by atoms with van der Waals surface area (Å²) in [4.78, 5) is 36.4. The topological polar surface area (TPSA) is 83.5 Å². The maximum atomic E-state index is 12.3. The van der Waals surface area contributed by atoms with E-state index in [1.54, 1.807) is 51.1 Å². The van der Waals surface area contributed by atoms with Gasteiger partial charge in [0.05, 0.1) is 0 Å². The predicted molar refractivity (Wildman–Crippen MR) is 90.1 cm³/mol. The van der Waals surface area contributed by atoms with Crippen molar-refractivity contribution in [3.05, 3.63) is 58.2 Å². The van der Waals surface area contributed by atoms with Crippen LogP contribution in [0.2, 0.25) is 0 Å². The molecule has 1 aliphatic carbocycles. The third-order valence-corrected chi connectivity index (χ3v) is 4.35. The van der Waals surface area contributed by atoms with Gasteiger partial charge in [-0.05, 0) is 32.8 Å². The molecule has 0 heterocycles. The van der Waals surface area contributed by atoms with E-state index in [1.165, 1.54) is 0 Å². The van der Waals surface area contributed by atoms with Crippen LogP contribution in [0.5, 0.6) is 0 Å². The van der Waals surface area contributed by atoms with Crippen molar-refractivity contribution >= 4 is 17.5 Å². The Balaban J connectivity index is 1.98. The standard InChI is InChI=1S/C19H21NO4/c1-11-12(2)17(22)15(13(3)16(11)21)9-10-20-19(24)18(23)14-7-5-4-6-8-14/h4-8,18,23H,9-10H2,1-3H3,(H,20,24). The maximum absolute atomic E-state index is 12.3. The molecule has 1 aromatic carbocycles. The Morgan fingerprint density at radius 2 is 1.58 bits per heavy atom. The fraction of sp³-hybridized carbons (Fsp3) is 0.316. The Labute approximate surface area is 141 Å². The van der Waals surface area contributed by atoms with E-state index in [1.807, 2.05) is 0 Å². The van der Waals surface area contributed by atoms with Gasteiger partial charge >= 0.3 is 0 Å². The fourth-order valence-electron chi connectivity index (χ4n) is 2.65. The molecule has 0 radical (unpaired) electrons. The van der Waals surface area contributed by atoms with Crippen molar-refractivity contribution in [1.29, 1.82) is 0 Å². The molecule has 126 valence electrons. The molecule has 1 amide bonds. The number of hydrogen-bond acceptors (Lipinski definition) is 4. The highest BCUT2D eigenvalue weighted by atomic mass is 16.3. The Morgan fingerprint density at radius 1 is 1.00 bits per heavy atom. The molecule has 0 aromatic heterocycles. The van der Waals surface area contributed by atoms with Gasteiger partial charge in [-0.15, -0.1) is 0 Å². The van der Waals surface area contributed by atoms with Crippen LogP contribution in [0.4, 0.5) is 0 Å². The second-order valence-corrected chi connectivity index (χ2v) is 5.87. The Kier molecular flexibility index (Phi) is 5.46.